The Hall–Kier alpha value is -3.36. The highest BCUT2D eigenvalue weighted by Crippen LogP contribution is 2.30. The number of aryl methyl sites for hydroxylation is 3. The molecule has 0 aliphatic rings. The van der Waals surface area contributed by atoms with Gasteiger partial charge < -0.3 is 10.2 Å². The van der Waals surface area contributed by atoms with Gasteiger partial charge in [-0.3, -0.25) is 13.9 Å². The molecule has 0 spiro atoms. The van der Waals surface area contributed by atoms with E-state index in [1.807, 2.05) is 45.0 Å². The fourth-order valence-corrected chi connectivity index (χ4v) is 5.96. The van der Waals surface area contributed by atoms with Crippen LogP contribution in [-0.2, 0) is 26.2 Å². The van der Waals surface area contributed by atoms with Gasteiger partial charge in [0.25, 0.3) is 10.0 Å². The summed E-state index contributed by atoms with van der Waals surface area (Å²) in [5.41, 5.74) is 3.71. The Labute approximate surface area is 243 Å². The number of nitrogens with one attached hydrogen (secondary N) is 1. The number of carbonyl (C=O) groups is 2. The zero-order chi connectivity index (χ0) is 29.4. The largest absolute Gasteiger partial charge is 0.354 e. The molecule has 1 N–H and O–H groups in total. The molecular formula is C31H38ClN3O4S. The molecule has 0 fully saturated rings. The fraction of sp³-hybridized carbons (Fsp3) is 0.355. The van der Waals surface area contributed by atoms with Gasteiger partial charge in [0.05, 0.1) is 10.6 Å². The number of halogens is 1. The Kier molecular flexibility index (Phi) is 10.8. The number of nitrogens with zero attached hydrogens (tertiary/aromatic N) is 2. The van der Waals surface area contributed by atoms with E-state index in [2.05, 4.69) is 5.32 Å². The predicted octanol–water partition coefficient (Wildman–Crippen LogP) is 5.79. The lowest BCUT2D eigenvalue weighted by atomic mass is 10.1. The molecule has 3 aromatic carbocycles. The van der Waals surface area contributed by atoms with E-state index in [1.54, 1.807) is 44.2 Å². The molecule has 214 valence electrons. The quantitative estimate of drug-likeness (QED) is 0.273. The first-order chi connectivity index (χ1) is 18.9. The normalized spacial score (nSPS) is 12.1. The molecule has 7 nitrogen and oxygen atoms in total. The lowest BCUT2D eigenvalue weighted by molar-refractivity contribution is -0.139. The maximum absolute atomic E-state index is 14.0. The van der Waals surface area contributed by atoms with Gasteiger partial charge in [0.15, 0.2) is 0 Å². The lowest BCUT2D eigenvalue weighted by Crippen LogP contribution is -2.51. The number of sulfonamides is 1. The monoisotopic (exact) mass is 583 g/mol. The van der Waals surface area contributed by atoms with Crippen molar-refractivity contribution in [2.24, 2.45) is 0 Å². The van der Waals surface area contributed by atoms with E-state index in [0.717, 1.165) is 33.8 Å². The Morgan fingerprint density at radius 2 is 1.65 bits per heavy atom. The molecule has 0 aliphatic heterocycles. The van der Waals surface area contributed by atoms with E-state index in [4.69, 9.17) is 11.6 Å². The molecule has 40 heavy (non-hydrogen) atoms. The molecule has 0 aromatic heterocycles. The molecule has 0 saturated heterocycles. The number of unbranched alkanes of at least 4 members (excludes halogenated alkanes) is 1. The molecule has 9 heteroatoms. The van der Waals surface area contributed by atoms with E-state index < -0.39 is 28.5 Å². The zero-order valence-corrected chi connectivity index (χ0v) is 25.3. The third-order valence-corrected chi connectivity index (χ3v) is 8.77. The molecule has 0 heterocycles. The van der Waals surface area contributed by atoms with Crippen LogP contribution in [0.25, 0.3) is 0 Å². The van der Waals surface area contributed by atoms with Crippen molar-refractivity contribution in [3.8, 4) is 0 Å². The van der Waals surface area contributed by atoms with Crippen LogP contribution in [0.2, 0.25) is 5.02 Å². The summed E-state index contributed by atoms with van der Waals surface area (Å²) >= 11 is 6.28. The van der Waals surface area contributed by atoms with Crippen LogP contribution in [0.4, 0.5) is 5.69 Å². The van der Waals surface area contributed by atoms with Gasteiger partial charge in [-0.1, -0.05) is 78.5 Å². The summed E-state index contributed by atoms with van der Waals surface area (Å²) in [4.78, 5) is 28.6. The summed E-state index contributed by atoms with van der Waals surface area (Å²) in [6, 6.07) is 18.3. The third-order valence-electron chi connectivity index (χ3n) is 6.76. The number of benzene rings is 3. The maximum Gasteiger partial charge on any atom is 0.264 e. The molecule has 0 saturated carbocycles. The smallest absolute Gasteiger partial charge is 0.264 e. The van der Waals surface area contributed by atoms with Crippen LogP contribution < -0.4 is 9.62 Å². The van der Waals surface area contributed by atoms with Gasteiger partial charge in [-0.2, -0.15) is 0 Å². The van der Waals surface area contributed by atoms with Crippen LogP contribution in [-0.4, -0.2) is 44.3 Å². The van der Waals surface area contributed by atoms with Crippen LogP contribution in [0.15, 0.2) is 71.6 Å². The van der Waals surface area contributed by atoms with Crippen LogP contribution >= 0.6 is 11.6 Å². The lowest BCUT2D eigenvalue weighted by Gasteiger charge is -2.32. The number of hydrogen-bond donors (Lipinski definition) is 1. The van der Waals surface area contributed by atoms with Gasteiger partial charge in [0, 0.05) is 18.1 Å². The Morgan fingerprint density at radius 3 is 2.30 bits per heavy atom. The van der Waals surface area contributed by atoms with Gasteiger partial charge in [-0.15, -0.1) is 0 Å². The van der Waals surface area contributed by atoms with Gasteiger partial charge in [-0.25, -0.2) is 8.42 Å². The summed E-state index contributed by atoms with van der Waals surface area (Å²) in [7, 11) is -4.16. The molecule has 1 atom stereocenters. The zero-order valence-electron chi connectivity index (χ0n) is 23.8. The Balaban J connectivity index is 2.04. The van der Waals surface area contributed by atoms with E-state index >= 15 is 0 Å². The number of anilines is 1. The number of amides is 2. The van der Waals surface area contributed by atoms with Crippen molar-refractivity contribution < 1.29 is 18.0 Å². The predicted molar refractivity (Wildman–Crippen MR) is 161 cm³/mol. The van der Waals surface area contributed by atoms with E-state index in [9.17, 15) is 18.0 Å². The summed E-state index contributed by atoms with van der Waals surface area (Å²) in [5.74, 6) is -0.795. The number of hydrogen-bond acceptors (Lipinski definition) is 4. The average molecular weight is 584 g/mol. The van der Waals surface area contributed by atoms with Crippen LogP contribution in [0.5, 0.6) is 0 Å². The molecular weight excluding hydrogens is 546 g/mol. The minimum Gasteiger partial charge on any atom is -0.354 e. The van der Waals surface area contributed by atoms with E-state index in [1.165, 1.54) is 17.0 Å². The van der Waals surface area contributed by atoms with Crippen LogP contribution in [0, 0.1) is 20.8 Å². The summed E-state index contributed by atoms with van der Waals surface area (Å²) in [5, 5.41) is 3.24. The van der Waals surface area contributed by atoms with Crippen molar-refractivity contribution in [2.75, 3.05) is 17.4 Å². The minimum atomic E-state index is -4.16. The first-order valence-electron chi connectivity index (χ1n) is 13.4. The molecule has 2 amide bonds. The van der Waals surface area contributed by atoms with Crippen LogP contribution in [0.1, 0.15) is 48.9 Å². The summed E-state index contributed by atoms with van der Waals surface area (Å²) in [6.07, 6.45) is 1.74. The van der Waals surface area contributed by atoms with Crippen molar-refractivity contribution in [3.05, 3.63) is 94.0 Å². The molecule has 0 aliphatic carbocycles. The second-order valence-electron chi connectivity index (χ2n) is 10.1. The minimum absolute atomic E-state index is 0.0564. The second-order valence-corrected chi connectivity index (χ2v) is 12.4. The molecule has 3 rings (SSSR count). The van der Waals surface area contributed by atoms with Crippen molar-refractivity contribution in [2.45, 2.75) is 64.9 Å². The highest BCUT2D eigenvalue weighted by Gasteiger charge is 2.33. The Bertz CT molecular complexity index is 1440. The standard InChI is InChI=1S/C31H38ClN3O4S/c1-6-7-17-33-31(37)25(5)34(20-26-10-8-9-23(3)18-26)30(36)21-35(29-19-27(32)14-13-24(29)4)40(38,39)28-15-11-22(2)12-16-28/h8-16,18-19,25H,6-7,17,20-21H2,1-5H3,(H,33,37). The average Bonchev–Trinajstić information content (AvgIpc) is 2.91. The van der Waals surface area contributed by atoms with E-state index in [0.29, 0.717) is 22.8 Å². The highest BCUT2D eigenvalue weighted by atomic mass is 35.5. The maximum atomic E-state index is 14.0. The van der Waals surface area contributed by atoms with Gasteiger partial charge in [-0.05, 0) is 69.5 Å². The third kappa shape index (κ3) is 7.86. The molecule has 0 bridgehead atoms. The van der Waals surface area contributed by atoms with Gasteiger partial charge in [0.2, 0.25) is 11.8 Å². The molecule has 3 aromatic rings. The van der Waals surface area contributed by atoms with Gasteiger partial charge >= 0.3 is 0 Å². The van der Waals surface area contributed by atoms with Crippen LogP contribution in [0.3, 0.4) is 0 Å². The topological polar surface area (TPSA) is 86.8 Å². The SMILES string of the molecule is CCCCNC(=O)C(C)N(Cc1cccc(C)c1)C(=O)CN(c1cc(Cl)ccc1C)S(=O)(=O)c1ccc(C)cc1. The van der Waals surface area contributed by atoms with Crippen molar-refractivity contribution in [3.63, 3.8) is 0 Å². The van der Waals surface area contributed by atoms with Crippen molar-refractivity contribution >= 4 is 39.1 Å². The van der Waals surface area contributed by atoms with Crippen molar-refractivity contribution in [1.29, 1.82) is 0 Å². The second kappa shape index (κ2) is 13.8. The Morgan fingerprint density at radius 1 is 0.950 bits per heavy atom. The first-order valence-corrected chi connectivity index (χ1v) is 15.2. The van der Waals surface area contributed by atoms with E-state index in [-0.39, 0.29) is 17.3 Å². The van der Waals surface area contributed by atoms with Gasteiger partial charge in [0.1, 0.15) is 12.6 Å². The molecule has 0 radical (unpaired) electrons. The fourth-order valence-electron chi connectivity index (χ4n) is 4.33. The number of carbonyl (C=O) groups excluding carboxylic acids is 2. The summed E-state index contributed by atoms with van der Waals surface area (Å²) < 4.78 is 29.0. The summed E-state index contributed by atoms with van der Waals surface area (Å²) in [6.45, 7) is 9.43. The first kappa shape index (κ1) is 31.2. The number of rotatable bonds is 12. The highest BCUT2D eigenvalue weighted by molar-refractivity contribution is 7.92. The van der Waals surface area contributed by atoms with Crippen molar-refractivity contribution in [1.82, 2.24) is 10.2 Å². The molecule has 1 unspecified atom stereocenters.